The molecule has 0 aromatic heterocycles. The minimum Gasteiger partial charge on any atom is -0.486 e. The quantitative estimate of drug-likeness (QED) is 0.108. The fourth-order valence-corrected chi connectivity index (χ4v) is 6.54. The third-order valence-electron chi connectivity index (χ3n) is 9.13. The summed E-state index contributed by atoms with van der Waals surface area (Å²) >= 11 is 0. The van der Waals surface area contributed by atoms with Gasteiger partial charge in [-0.3, -0.25) is 0 Å². The second-order valence-electron chi connectivity index (χ2n) is 12.9. The van der Waals surface area contributed by atoms with Gasteiger partial charge in [0.2, 0.25) is 0 Å². The normalized spacial score (nSPS) is 18.4. The Morgan fingerprint density at radius 3 is 1.21 bits per heavy atom. The van der Waals surface area contributed by atoms with E-state index in [1.807, 2.05) is 84.9 Å². The molecule has 0 aliphatic carbocycles. The van der Waals surface area contributed by atoms with Gasteiger partial charge in [0.25, 0.3) is 0 Å². The first-order valence-electron chi connectivity index (χ1n) is 17.9. The van der Waals surface area contributed by atoms with E-state index in [9.17, 15) is 0 Å². The average Bonchev–Trinajstić information content (AvgIpc) is 3.21. The summed E-state index contributed by atoms with van der Waals surface area (Å²) in [7, 11) is 0. The van der Waals surface area contributed by atoms with Crippen LogP contribution in [-0.2, 0) is 50.1 Å². The van der Waals surface area contributed by atoms with E-state index >= 15 is 0 Å². The minimum atomic E-state index is -0.620. The van der Waals surface area contributed by atoms with Gasteiger partial charge in [-0.2, -0.15) is 0 Å². The van der Waals surface area contributed by atoms with Crippen molar-refractivity contribution in [3.63, 3.8) is 0 Å². The van der Waals surface area contributed by atoms with Crippen LogP contribution in [0.5, 0.6) is 0 Å². The Bertz CT molecular complexity index is 1890. The van der Waals surface area contributed by atoms with Crippen LogP contribution in [-0.4, -0.2) is 31.0 Å². The lowest BCUT2D eigenvalue weighted by atomic mass is 9.89. The van der Waals surface area contributed by atoms with E-state index in [0.29, 0.717) is 32.2 Å². The molecule has 1 heterocycles. The lowest BCUT2D eigenvalue weighted by molar-refractivity contribution is -0.222. The molecule has 52 heavy (non-hydrogen) atoms. The number of hydrogen-bond acceptors (Lipinski definition) is 5. The zero-order valence-electron chi connectivity index (χ0n) is 29.2. The Morgan fingerprint density at radius 1 is 0.404 bits per heavy atom. The van der Waals surface area contributed by atoms with Crippen molar-refractivity contribution in [2.24, 2.45) is 0 Å². The second-order valence-corrected chi connectivity index (χ2v) is 12.9. The van der Waals surface area contributed by atoms with Crippen molar-refractivity contribution in [2.75, 3.05) is 6.61 Å². The van der Waals surface area contributed by atoms with Gasteiger partial charge in [-0.15, -0.1) is 0 Å². The van der Waals surface area contributed by atoms with Gasteiger partial charge in [0.1, 0.15) is 24.1 Å². The maximum atomic E-state index is 7.20. The minimum absolute atomic E-state index is 0.283. The molecular weight excluding hydrogens is 645 g/mol. The molecule has 1 fully saturated rings. The maximum absolute atomic E-state index is 7.20. The number of ether oxygens (including phenoxy) is 5. The summed E-state index contributed by atoms with van der Waals surface area (Å²) in [5.41, 5.74) is 7.25. The largest absolute Gasteiger partial charge is 0.486 e. The van der Waals surface area contributed by atoms with Crippen molar-refractivity contribution in [2.45, 2.75) is 50.8 Å². The summed E-state index contributed by atoms with van der Waals surface area (Å²) in [6.07, 6.45) is -2.21. The molecule has 5 heteroatoms. The highest BCUT2D eigenvalue weighted by atomic mass is 16.6. The molecule has 0 saturated carbocycles. The molecular formula is C47H44O5. The van der Waals surface area contributed by atoms with Crippen molar-refractivity contribution < 1.29 is 23.7 Å². The Hall–Kier alpha value is -5.30. The summed E-state index contributed by atoms with van der Waals surface area (Å²) in [5.74, 6) is 0.694. The fourth-order valence-electron chi connectivity index (χ4n) is 6.54. The van der Waals surface area contributed by atoms with Gasteiger partial charge < -0.3 is 23.7 Å². The molecule has 7 rings (SSSR count). The van der Waals surface area contributed by atoms with Crippen molar-refractivity contribution in [3.8, 4) is 0 Å². The predicted molar refractivity (Wildman–Crippen MR) is 205 cm³/mol. The van der Waals surface area contributed by atoms with Crippen molar-refractivity contribution in [3.05, 3.63) is 221 Å². The predicted octanol–water partition coefficient (Wildman–Crippen LogP) is 9.82. The van der Waals surface area contributed by atoms with Crippen LogP contribution in [0.15, 0.2) is 188 Å². The molecule has 0 radical (unpaired) electrons. The summed E-state index contributed by atoms with van der Waals surface area (Å²) in [6.45, 7) is 1.84. The molecule has 6 aromatic rings. The first kappa shape index (κ1) is 35.1. The monoisotopic (exact) mass is 688 g/mol. The van der Waals surface area contributed by atoms with Gasteiger partial charge >= 0.3 is 0 Å². The first-order valence-corrected chi connectivity index (χ1v) is 17.9. The lowest BCUT2D eigenvalue weighted by Gasteiger charge is -2.44. The van der Waals surface area contributed by atoms with Crippen molar-refractivity contribution in [1.29, 1.82) is 0 Å². The molecule has 4 atom stereocenters. The molecule has 0 amide bonds. The van der Waals surface area contributed by atoms with E-state index in [0.717, 1.165) is 39.0 Å². The molecule has 0 spiro atoms. The van der Waals surface area contributed by atoms with E-state index in [-0.39, 0.29) is 6.61 Å². The highest BCUT2D eigenvalue weighted by Gasteiger charge is 2.48. The lowest BCUT2D eigenvalue weighted by Crippen LogP contribution is -2.56. The smallest absolute Gasteiger partial charge is 0.150 e. The molecule has 5 nitrogen and oxygen atoms in total. The Kier molecular flexibility index (Phi) is 12.3. The maximum Gasteiger partial charge on any atom is 0.150 e. The molecule has 1 aliphatic heterocycles. The topological polar surface area (TPSA) is 46.2 Å². The Balaban J connectivity index is 1.34. The van der Waals surface area contributed by atoms with Crippen LogP contribution in [0.2, 0.25) is 0 Å². The SMILES string of the molecule is c1ccc(COC[C@H]2OC(=C(c3ccccc3)c3ccccc3)[C@H](OCc3ccccc3)[C@@H](OCc3ccccc3)[C@@H]2OCc2ccccc2)cc1. The molecule has 6 aromatic carbocycles. The van der Waals surface area contributed by atoms with Crippen molar-refractivity contribution in [1.82, 2.24) is 0 Å². The molecule has 262 valence electrons. The van der Waals surface area contributed by atoms with Gasteiger partial charge in [0.05, 0.1) is 33.0 Å². The van der Waals surface area contributed by atoms with Crippen molar-refractivity contribution >= 4 is 5.57 Å². The third-order valence-corrected chi connectivity index (χ3v) is 9.13. The van der Waals surface area contributed by atoms with Crippen LogP contribution in [0.1, 0.15) is 33.4 Å². The fraction of sp³-hybridized carbons (Fsp3) is 0.191. The second kappa shape index (κ2) is 18.3. The van der Waals surface area contributed by atoms with E-state index in [4.69, 9.17) is 23.7 Å². The highest BCUT2D eigenvalue weighted by Crippen LogP contribution is 2.39. The standard InChI is InChI=1S/C47H44O5/c1-7-19-36(20-8-1)31-48-35-42-44(49-32-37-21-9-2-10-22-37)46(50-33-38-23-11-3-12-24-38)47(51-34-39-25-13-4-14-26-39)45(52-42)43(40-27-15-5-16-28-40)41-29-17-6-18-30-41/h1-30,42,44,46-47H,31-35H2/t42-,44-,46+,47+/m1/s1. The molecule has 0 unspecified atom stereocenters. The van der Waals surface area contributed by atoms with E-state index in [2.05, 4.69) is 97.1 Å². The van der Waals surface area contributed by atoms with Crippen LogP contribution < -0.4 is 0 Å². The van der Waals surface area contributed by atoms with Crippen LogP contribution >= 0.6 is 0 Å². The van der Waals surface area contributed by atoms with Crippen LogP contribution in [0.4, 0.5) is 0 Å². The zero-order valence-corrected chi connectivity index (χ0v) is 29.2. The number of rotatable bonds is 15. The molecule has 1 aliphatic rings. The van der Waals surface area contributed by atoms with E-state index in [1.54, 1.807) is 0 Å². The molecule has 0 N–H and O–H groups in total. The molecule has 1 saturated heterocycles. The van der Waals surface area contributed by atoms with Gasteiger partial charge in [0.15, 0.2) is 6.10 Å². The summed E-state index contributed by atoms with van der Waals surface area (Å²) in [6, 6.07) is 61.6. The van der Waals surface area contributed by atoms with E-state index in [1.165, 1.54) is 0 Å². The van der Waals surface area contributed by atoms with Gasteiger partial charge in [-0.25, -0.2) is 0 Å². The first-order chi connectivity index (χ1) is 25.8. The van der Waals surface area contributed by atoms with Gasteiger partial charge in [0, 0.05) is 5.57 Å². The summed E-state index contributed by atoms with van der Waals surface area (Å²) < 4.78 is 34.5. The number of hydrogen-bond donors (Lipinski definition) is 0. The Morgan fingerprint density at radius 2 is 0.769 bits per heavy atom. The molecule has 0 bridgehead atoms. The van der Waals surface area contributed by atoms with Crippen LogP contribution in [0.3, 0.4) is 0 Å². The van der Waals surface area contributed by atoms with Crippen LogP contribution in [0.25, 0.3) is 5.57 Å². The van der Waals surface area contributed by atoms with Crippen LogP contribution in [0, 0.1) is 0 Å². The summed E-state index contributed by atoms with van der Waals surface area (Å²) in [5, 5.41) is 0. The number of benzene rings is 6. The average molecular weight is 689 g/mol. The summed E-state index contributed by atoms with van der Waals surface area (Å²) in [4.78, 5) is 0. The highest BCUT2D eigenvalue weighted by molar-refractivity contribution is 5.82. The van der Waals surface area contributed by atoms with E-state index < -0.39 is 24.4 Å². The zero-order chi connectivity index (χ0) is 35.2. The third kappa shape index (κ3) is 9.32. The van der Waals surface area contributed by atoms with Gasteiger partial charge in [-0.05, 0) is 33.4 Å². The Labute approximate surface area is 307 Å². The van der Waals surface area contributed by atoms with Gasteiger partial charge in [-0.1, -0.05) is 182 Å².